The molecule has 1 aromatic heterocycles. The number of carbonyl (C=O) groups is 2. The van der Waals surface area contributed by atoms with E-state index in [1.807, 2.05) is 0 Å². The molecule has 0 aromatic carbocycles. The van der Waals surface area contributed by atoms with Crippen molar-refractivity contribution in [3.63, 3.8) is 0 Å². The molecule has 0 bridgehead atoms. The summed E-state index contributed by atoms with van der Waals surface area (Å²) in [4.78, 5) is 22.6. The molecule has 0 aliphatic rings. The fraction of sp³-hybridized carbons (Fsp3) is 0.444. The Kier molecular flexibility index (Phi) is 4.30. The molecular weight excluding hydrogens is 234 g/mol. The molecule has 6 nitrogen and oxygen atoms in total. The van der Waals surface area contributed by atoms with Crippen LogP contribution < -0.4 is 5.32 Å². The number of rotatable bonds is 4. The van der Waals surface area contributed by atoms with Gasteiger partial charge >= 0.3 is 6.09 Å². The van der Waals surface area contributed by atoms with E-state index >= 15 is 0 Å². The molecule has 0 spiro atoms. The molecule has 7 heteroatoms. The molecule has 1 N–H and O–H groups in total. The molecule has 1 amide bonds. The van der Waals surface area contributed by atoms with Crippen LogP contribution in [-0.4, -0.2) is 34.6 Å². The van der Waals surface area contributed by atoms with Gasteiger partial charge in [0, 0.05) is 18.8 Å². The summed E-state index contributed by atoms with van der Waals surface area (Å²) in [6, 6.07) is -0.821. The van der Waals surface area contributed by atoms with Crippen molar-refractivity contribution in [1.82, 2.24) is 15.1 Å². The van der Waals surface area contributed by atoms with Crippen molar-refractivity contribution in [2.24, 2.45) is 7.05 Å². The van der Waals surface area contributed by atoms with Gasteiger partial charge in [0.05, 0.1) is 19.2 Å². The molecule has 1 rings (SSSR count). The van der Waals surface area contributed by atoms with Gasteiger partial charge in [0.1, 0.15) is 6.04 Å². The zero-order valence-corrected chi connectivity index (χ0v) is 9.69. The Morgan fingerprint density at radius 3 is 2.81 bits per heavy atom. The maximum atomic E-state index is 11.5. The molecule has 0 aliphatic carbocycles. The number of ether oxygens (including phenoxy) is 1. The number of nitrogens with zero attached hydrogens (tertiary/aromatic N) is 2. The molecule has 16 heavy (non-hydrogen) atoms. The lowest BCUT2D eigenvalue weighted by molar-refractivity contribution is -0.118. The van der Waals surface area contributed by atoms with E-state index in [9.17, 15) is 9.59 Å². The third kappa shape index (κ3) is 2.96. The van der Waals surface area contributed by atoms with Crippen molar-refractivity contribution in [3.05, 3.63) is 18.0 Å². The fourth-order valence-corrected chi connectivity index (χ4v) is 1.35. The molecular formula is C9H12ClN3O3. The van der Waals surface area contributed by atoms with Gasteiger partial charge in [-0.2, -0.15) is 5.10 Å². The number of Topliss-reactive ketones (excluding diaryl/α,β-unsaturated/α-hetero) is 1. The van der Waals surface area contributed by atoms with Crippen molar-refractivity contribution >= 4 is 23.5 Å². The van der Waals surface area contributed by atoms with E-state index < -0.39 is 12.1 Å². The molecule has 1 aromatic rings. The smallest absolute Gasteiger partial charge is 0.407 e. The minimum Gasteiger partial charge on any atom is -0.453 e. The highest BCUT2D eigenvalue weighted by Crippen LogP contribution is 2.13. The topological polar surface area (TPSA) is 73.2 Å². The van der Waals surface area contributed by atoms with Gasteiger partial charge in [0.25, 0.3) is 0 Å². The third-order valence-electron chi connectivity index (χ3n) is 1.96. The van der Waals surface area contributed by atoms with E-state index in [0.29, 0.717) is 5.56 Å². The predicted molar refractivity (Wildman–Crippen MR) is 57.2 cm³/mol. The minimum absolute atomic E-state index is 0.191. The Hall–Kier alpha value is -1.56. The Labute approximate surface area is 97.5 Å². The largest absolute Gasteiger partial charge is 0.453 e. The van der Waals surface area contributed by atoms with Gasteiger partial charge in [-0.3, -0.25) is 9.48 Å². The predicted octanol–water partition coefficient (Wildman–Crippen LogP) is 0.625. The van der Waals surface area contributed by atoms with Crippen LogP contribution in [0.1, 0.15) is 11.6 Å². The normalized spacial score (nSPS) is 11.9. The van der Waals surface area contributed by atoms with Crippen molar-refractivity contribution in [1.29, 1.82) is 0 Å². The molecule has 0 aliphatic heterocycles. The Balaban J connectivity index is 2.87. The molecule has 1 heterocycles. The zero-order valence-electron chi connectivity index (χ0n) is 8.94. The van der Waals surface area contributed by atoms with Crippen LogP contribution in [0.2, 0.25) is 0 Å². The average molecular weight is 246 g/mol. The van der Waals surface area contributed by atoms with Crippen molar-refractivity contribution in [2.75, 3.05) is 13.0 Å². The number of alkyl halides is 1. The van der Waals surface area contributed by atoms with Crippen LogP contribution in [0.3, 0.4) is 0 Å². The second kappa shape index (κ2) is 5.50. The van der Waals surface area contributed by atoms with Crippen LogP contribution in [0.15, 0.2) is 12.4 Å². The van der Waals surface area contributed by atoms with E-state index in [1.165, 1.54) is 18.0 Å². The number of halogens is 1. The number of aromatic nitrogens is 2. The quantitative estimate of drug-likeness (QED) is 0.790. The summed E-state index contributed by atoms with van der Waals surface area (Å²) in [5, 5.41) is 6.32. The molecule has 0 saturated carbocycles. The van der Waals surface area contributed by atoms with Gasteiger partial charge in [-0.15, -0.1) is 11.6 Å². The summed E-state index contributed by atoms with van der Waals surface area (Å²) in [6.07, 6.45) is 2.43. The number of hydrogen-bond acceptors (Lipinski definition) is 4. The third-order valence-corrected chi connectivity index (χ3v) is 2.22. The number of methoxy groups -OCH3 is 1. The Morgan fingerprint density at radius 1 is 1.69 bits per heavy atom. The Morgan fingerprint density at radius 2 is 2.38 bits per heavy atom. The number of hydrogen-bond donors (Lipinski definition) is 1. The van der Waals surface area contributed by atoms with Gasteiger partial charge in [0.15, 0.2) is 5.78 Å². The maximum Gasteiger partial charge on any atom is 0.407 e. The lowest BCUT2D eigenvalue weighted by Crippen LogP contribution is -2.34. The van der Waals surface area contributed by atoms with E-state index in [-0.39, 0.29) is 11.7 Å². The lowest BCUT2D eigenvalue weighted by Gasteiger charge is -2.13. The summed E-state index contributed by atoms with van der Waals surface area (Å²) in [6.45, 7) is 0. The molecule has 0 radical (unpaired) electrons. The highest BCUT2D eigenvalue weighted by Gasteiger charge is 2.23. The number of aryl methyl sites for hydroxylation is 1. The van der Waals surface area contributed by atoms with Crippen LogP contribution in [0, 0.1) is 0 Å². The summed E-state index contributed by atoms with van der Waals surface area (Å²) >= 11 is 5.46. The van der Waals surface area contributed by atoms with Crippen LogP contribution >= 0.6 is 11.6 Å². The van der Waals surface area contributed by atoms with Crippen LogP contribution in [0.5, 0.6) is 0 Å². The van der Waals surface area contributed by atoms with Crippen LogP contribution in [0.4, 0.5) is 4.79 Å². The first-order chi connectivity index (χ1) is 7.58. The fourth-order valence-electron chi connectivity index (χ4n) is 1.19. The van der Waals surface area contributed by atoms with Gasteiger partial charge in [-0.05, 0) is 0 Å². The van der Waals surface area contributed by atoms with Crippen molar-refractivity contribution in [3.8, 4) is 0 Å². The molecule has 1 atom stereocenters. The summed E-state index contributed by atoms with van der Waals surface area (Å²) in [7, 11) is 2.94. The highest BCUT2D eigenvalue weighted by molar-refractivity contribution is 6.28. The van der Waals surface area contributed by atoms with Gasteiger partial charge in [0.2, 0.25) is 0 Å². The zero-order chi connectivity index (χ0) is 12.1. The van der Waals surface area contributed by atoms with Crippen LogP contribution in [0.25, 0.3) is 0 Å². The first-order valence-electron chi connectivity index (χ1n) is 4.50. The van der Waals surface area contributed by atoms with Crippen molar-refractivity contribution < 1.29 is 14.3 Å². The van der Waals surface area contributed by atoms with Gasteiger partial charge in [-0.25, -0.2) is 4.79 Å². The van der Waals surface area contributed by atoms with Crippen molar-refractivity contribution in [2.45, 2.75) is 6.04 Å². The second-order valence-corrected chi connectivity index (χ2v) is 3.38. The SMILES string of the molecule is COC(=O)NC(C(=O)CCl)c1cnn(C)c1. The van der Waals surface area contributed by atoms with E-state index in [1.54, 1.807) is 13.2 Å². The number of ketones is 1. The Bertz CT molecular complexity index is 391. The number of carbonyl (C=O) groups excluding carboxylic acids is 2. The van der Waals surface area contributed by atoms with E-state index in [2.05, 4.69) is 15.2 Å². The van der Waals surface area contributed by atoms with Crippen LogP contribution in [-0.2, 0) is 16.6 Å². The minimum atomic E-state index is -0.821. The second-order valence-electron chi connectivity index (χ2n) is 3.12. The number of nitrogens with one attached hydrogen (secondary N) is 1. The first kappa shape index (κ1) is 12.5. The molecule has 88 valence electrons. The first-order valence-corrected chi connectivity index (χ1v) is 5.03. The number of alkyl carbamates (subject to hydrolysis) is 1. The standard InChI is InChI=1S/C9H12ClN3O3/c1-13-5-6(4-11-13)8(7(14)3-10)12-9(15)16-2/h4-5,8H,3H2,1-2H3,(H,12,15). The maximum absolute atomic E-state index is 11.5. The molecule has 0 fully saturated rings. The monoisotopic (exact) mass is 245 g/mol. The summed E-state index contributed by atoms with van der Waals surface area (Å²) < 4.78 is 5.96. The summed E-state index contributed by atoms with van der Waals surface area (Å²) in [5.41, 5.74) is 0.568. The lowest BCUT2D eigenvalue weighted by atomic mass is 10.1. The average Bonchev–Trinajstić information content (AvgIpc) is 2.71. The van der Waals surface area contributed by atoms with E-state index in [0.717, 1.165) is 0 Å². The van der Waals surface area contributed by atoms with E-state index in [4.69, 9.17) is 11.6 Å². The number of amides is 1. The highest BCUT2D eigenvalue weighted by atomic mass is 35.5. The summed E-state index contributed by atoms with van der Waals surface area (Å²) in [5.74, 6) is -0.510. The van der Waals surface area contributed by atoms with Gasteiger partial charge in [-0.1, -0.05) is 0 Å². The van der Waals surface area contributed by atoms with Gasteiger partial charge < -0.3 is 10.1 Å². The molecule has 1 unspecified atom stereocenters. The molecule has 0 saturated heterocycles.